The maximum atomic E-state index is 12.8. The monoisotopic (exact) mass is 506 g/mol. The van der Waals surface area contributed by atoms with Gasteiger partial charge in [-0.1, -0.05) is 19.3 Å². The summed E-state index contributed by atoms with van der Waals surface area (Å²) >= 11 is 0. The number of benzene rings is 1. The summed E-state index contributed by atoms with van der Waals surface area (Å²) in [6.07, 6.45) is 14.6. The van der Waals surface area contributed by atoms with Crippen LogP contribution in [0.15, 0.2) is 53.7 Å². The molecule has 2 aromatic heterocycles. The predicted molar refractivity (Wildman–Crippen MR) is 142 cm³/mol. The molecule has 2 N–H and O–H groups in total. The average molecular weight is 507 g/mol. The van der Waals surface area contributed by atoms with Crippen LogP contribution in [0.3, 0.4) is 0 Å². The molecule has 2 aliphatic carbocycles. The van der Waals surface area contributed by atoms with Crippen LogP contribution < -0.4 is 10.6 Å². The van der Waals surface area contributed by atoms with Crippen LogP contribution in [0.2, 0.25) is 0 Å². The van der Waals surface area contributed by atoms with Crippen molar-refractivity contribution in [3.05, 3.63) is 54.5 Å². The molecule has 2 aliphatic rings. The second-order valence-corrected chi connectivity index (χ2v) is 12.3. The van der Waals surface area contributed by atoms with Crippen molar-refractivity contribution >= 4 is 38.0 Å². The van der Waals surface area contributed by atoms with Gasteiger partial charge in [0.2, 0.25) is 5.91 Å². The molecule has 190 valence electrons. The van der Waals surface area contributed by atoms with E-state index in [1.807, 2.05) is 24.5 Å². The summed E-state index contributed by atoms with van der Waals surface area (Å²) in [7, 11) is -3.23. The van der Waals surface area contributed by atoms with E-state index in [-0.39, 0.29) is 16.7 Å². The van der Waals surface area contributed by atoms with Crippen molar-refractivity contribution in [3.8, 4) is 0 Å². The zero-order valence-corrected chi connectivity index (χ0v) is 21.6. The summed E-state index contributed by atoms with van der Waals surface area (Å²) in [4.78, 5) is 22.4. The number of carbonyl (C=O) groups excluding carboxylic acids is 1. The maximum absolute atomic E-state index is 12.8. The van der Waals surface area contributed by atoms with Crippen LogP contribution in [0, 0.1) is 5.92 Å². The van der Waals surface area contributed by atoms with Gasteiger partial charge >= 0.3 is 0 Å². The fourth-order valence-electron chi connectivity index (χ4n) is 5.61. The van der Waals surface area contributed by atoms with Gasteiger partial charge in [-0.25, -0.2) is 13.4 Å². The smallest absolute Gasteiger partial charge is 0.223 e. The molecule has 1 aromatic carbocycles. The lowest BCUT2D eigenvalue weighted by atomic mass is 9.79. The number of pyridine rings is 2. The van der Waals surface area contributed by atoms with E-state index in [4.69, 9.17) is 4.98 Å². The first kappa shape index (κ1) is 24.7. The van der Waals surface area contributed by atoms with E-state index < -0.39 is 9.84 Å². The molecule has 36 heavy (non-hydrogen) atoms. The van der Waals surface area contributed by atoms with Crippen LogP contribution in [0.4, 0.5) is 11.5 Å². The topological polar surface area (TPSA) is 101 Å². The van der Waals surface area contributed by atoms with Gasteiger partial charge in [0.1, 0.15) is 5.82 Å². The minimum absolute atomic E-state index is 0.104. The summed E-state index contributed by atoms with van der Waals surface area (Å²) in [5.41, 5.74) is 1.83. The molecule has 1 amide bonds. The summed E-state index contributed by atoms with van der Waals surface area (Å²) in [5, 5.41) is 8.69. The summed E-state index contributed by atoms with van der Waals surface area (Å²) in [6.45, 7) is 0. The third kappa shape index (κ3) is 5.69. The largest absolute Gasteiger partial charge is 0.353 e. The minimum atomic E-state index is -3.23. The molecule has 0 bridgehead atoms. The lowest BCUT2D eigenvalue weighted by Crippen LogP contribution is -2.40. The summed E-state index contributed by atoms with van der Waals surface area (Å²) in [6, 6.07) is 11.0. The van der Waals surface area contributed by atoms with Gasteiger partial charge in [-0.15, -0.1) is 0 Å². The Bertz CT molecular complexity index is 1330. The summed E-state index contributed by atoms with van der Waals surface area (Å²) in [5.74, 6) is 1.34. The van der Waals surface area contributed by atoms with Gasteiger partial charge in [0, 0.05) is 53.0 Å². The fraction of sp³-hybridized carbons (Fsp3) is 0.464. The number of nitrogens with zero attached hydrogens (tertiary/aromatic N) is 2. The number of aromatic nitrogens is 2. The van der Waals surface area contributed by atoms with Crippen molar-refractivity contribution in [1.29, 1.82) is 0 Å². The second-order valence-electron chi connectivity index (χ2n) is 10.3. The molecule has 7 nitrogen and oxygen atoms in total. The molecule has 0 unspecified atom stereocenters. The Morgan fingerprint density at radius 3 is 2.33 bits per heavy atom. The standard InChI is InChI=1S/C28H34N4O3S/c1-36(34,35)24-13-11-23(12-14-24)31-26-17-25-21(18-30-26)15-16-29-27(25)19-7-9-20(10-8-19)28(33)32-22-5-3-2-4-6-22/h11-20,22H,2-10H2,1H3,(H,30,31)(H,32,33). The quantitative estimate of drug-likeness (QED) is 0.458. The molecule has 2 fully saturated rings. The Hall–Kier alpha value is -3.00. The van der Waals surface area contributed by atoms with Crippen molar-refractivity contribution < 1.29 is 13.2 Å². The Morgan fingerprint density at radius 2 is 1.64 bits per heavy atom. The zero-order chi connectivity index (χ0) is 25.1. The van der Waals surface area contributed by atoms with Gasteiger partial charge in [-0.05, 0) is 74.9 Å². The molecule has 0 aliphatic heterocycles. The minimum Gasteiger partial charge on any atom is -0.353 e. The molecular formula is C28H34N4O3S. The van der Waals surface area contributed by atoms with Crippen LogP contribution >= 0.6 is 0 Å². The lowest BCUT2D eigenvalue weighted by Gasteiger charge is -2.30. The van der Waals surface area contributed by atoms with Gasteiger partial charge in [-0.3, -0.25) is 9.78 Å². The SMILES string of the molecule is CS(=O)(=O)c1ccc(Nc2cc3c(C4CCC(C(=O)NC5CCCCC5)CC4)nccc3cn2)cc1. The van der Waals surface area contributed by atoms with E-state index in [0.29, 0.717) is 17.8 Å². The van der Waals surface area contributed by atoms with Crippen molar-refractivity contribution in [2.24, 2.45) is 5.92 Å². The lowest BCUT2D eigenvalue weighted by molar-refractivity contribution is -0.127. The Morgan fingerprint density at radius 1 is 0.917 bits per heavy atom. The highest BCUT2D eigenvalue weighted by atomic mass is 32.2. The van der Waals surface area contributed by atoms with Crippen molar-refractivity contribution in [2.45, 2.75) is 74.6 Å². The Balaban J connectivity index is 1.27. The van der Waals surface area contributed by atoms with E-state index in [2.05, 4.69) is 15.6 Å². The number of carbonyl (C=O) groups is 1. The van der Waals surface area contributed by atoms with Crippen LogP contribution in [0.5, 0.6) is 0 Å². The highest BCUT2D eigenvalue weighted by Crippen LogP contribution is 2.38. The van der Waals surface area contributed by atoms with Crippen LogP contribution in [0.25, 0.3) is 10.8 Å². The third-order valence-electron chi connectivity index (χ3n) is 7.67. The fourth-order valence-corrected chi connectivity index (χ4v) is 6.24. The number of hydrogen-bond acceptors (Lipinski definition) is 6. The van der Waals surface area contributed by atoms with Gasteiger partial charge in [0.25, 0.3) is 0 Å². The van der Waals surface area contributed by atoms with Crippen LogP contribution in [-0.2, 0) is 14.6 Å². The van der Waals surface area contributed by atoms with Crippen molar-refractivity contribution in [3.63, 3.8) is 0 Å². The molecule has 8 heteroatoms. The second kappa shape index (κ2) is 10.5. The van der Waals surface area contributed by atoms with Gasteiger partial charge < -0.3 is 10.6 Å². The van der Waals surface area contributed by atoms with Crippen molar-refractivity contribution in [1.82, 2.24) is 15.3 Å². The molecule has 3 aromatic rings. The van der Waals surface area contributed by atoms with Gasteiger partial charge in [0.05, 0.1) is 10.6 Å². The highest BCUT2D eigenvalue weighted by molar-refractivity contribution is 7.90. The Labute approximate surface area is 213 Å². The molecule has 0 radical (unpaired) electrons. The molecule has 0 atom stereocenters. The number of sulfone groups is 1. The first-order valence-electron chi connectivity index (χ1n) is 13.0. The van der Waals surface area contributed by atoms with E-state index in [9.17, 15) is 13.2 Å². The number of nitrogens with one attached hydrogen (secondary N) is 2. The van der Waals surface area contributed by atoms with Gasteiger partial charge in [-0.2, -0.15) is 0 Å². The number of anilines is 2. The summed E-state index contributed by atoms with van der Waals surface area (Å²) < 4.78 is 23.4. The van der Waals surface area contributed by atoms with E-state index in [1.54, 1.807) is 24.3 Å². The number of fused-ring (bicyclic) bond motifs is 1. The molecule has 0 spiro atoms. The first-order valence-corrected chi connectivity index (χ1v) is 14.9. The Kier molecular flexibility index (Phi) is 7.23. The number of amides is 1. The van der Waals surface area contributed by atoms with Crippen LogP contribution in [0.1, 0.15) is 69.4 Å². The highest BCUT2D eigenvalue weighted by Gasteiger charge is 2.30. The normalized spacial score (nSPS) is 21.2. The average Bonchev–Trinajstić information content (AvgIpc) is 2.89. The predicted octanol–water partition coefficient (Wildman–Crippen LogP) is 5.50. The number of hydrogen-bond donors (Lipinski definition) is 2. The third-order valence-corrected chi connectivity index (χ3v) is 8.80. The molecule has 0 saturated heterocycles. The van der Waals surface area contributed by atoms with E-state index in [0.717, 1.165) is 60.7 Å². The molecular weight excluding hydrogens is 472 g/mol. The first-order chi connectivity index (χ1) is 17.4. The number of rotatable bonds is 6. The molecule has 2 saturated carbocycles. The molecule has 2 heterocycles. The zero-order valence-electron chi connectivity index (χ0n) is 20.7. The van der Waals surface area contributed by atoms with Gasteiger partial charge in [0.15, 0.2) is 9.84 Å². The molecule has 5 rings (SSSR count). The maximum Gasteiger partial charge on any atom is 0.223 e. The van der Waals surface area contributed by atoms with E-state index in [1.165, 1.54) is 25.5 Å². The van der Waals surface area contributed by atoms with Crippen LogP contribution in [-0.4, -0.2) is 36.6 Å². The van der Waals surface area contributed by atoms with E-state index >= 15 is 0 Å². The van der Waals surface area contributed by atoms with Crippen molar-refractivity contribution in [2.75, 3.05) is 11.6 Å².